The Morgan fingerprint density at radius 2 is 1.76 bits per heavy atom. The number of nitrogens with zero attached hydrogens (tertiary/aromatic N) is 6. The van der Waals surface area contributed by atoms with Crippen molar-refractivity contribution in [2.24, 2.45) is 0 Å². The second kappa shape index (κ2) is 11.3. The lowest BCUT2D eigenvalue weighted by Crippen LogP contribution is -2.57. The minimum Gasteiger partial charge on any atom is -0.461 e. The van der Waals surface area contributed by atoms with E-state index < -0.39 is 17.8 Å². The predicted molar refractivity (Wildman–Crippen MR) is 163 cm³/mol. The number of carbonyl (C=O) groups is 1. The molecule has 7 rings (SSSR count). The van der Waals surface area contributed by atoms with E-state index in [9.17, 15) is 13.6 Å². The number of hydrogen-bond donors (Lipinski definition) is 0. The molecule has 2 bridgehead atoms. The molecule has 0 spiro atoms. The molecule has 1 aromatic carbocycles. The van der Waals surface area contributed by atoms with Crippen molar-refractivity contribution in [3.05, 3.63) is 41.8 Å². The van der Waals surface area contributed by atoms with Crippen LogP contribution in [0.3, 0.4) is 0 Å². The lowest BCUT2D eigenvalue weighted by atomic mass is 9.95. The molecule has 45 heavy (non-hydrogen) atoms. The first kappa shape index (κ1) is 30.0. The van der Waals surface area contributed by atoms with E-state index in [1.54, 1.807) is 6.07 Å². The van der Waals surface area contributed by atoms with Crippen LogP contribution in [-0.4, -0.2) is 86.9 Å². The lowest BCUT2D eigenvalue weighted by Gasteiger charge is -2.42. The van der Waals surface area contributed by atoms with Gasteiger partial charge in [-0.25, -0.2) is 18.0 Å². The zero-order valence-corrected chi connectivity index (χ0v) is 25.9. The lowest BCUT2D eigenvalue weighted by molar-refractivity contribution is 0.0122. The van der Waals surface area contributed by atoms with E-state index in [0.717, 1.165) is 51.6 Å². The molecule has 0 saturated carbocycles. The maximum absolute atomic E-state index is 16.4. The smallest absolute Gasteiger partial charge is 0.410 e. The van der Waals surface area contributed by atoms with Gasteiger partial charge in [-0.3, -0.25) is 14.8 Å². The van der Waals surface area contributed by atoms with Crippen molar-refractivity contribution >= 4 is 22.8 Å². The molecule has 0 unspecified atom stereocenters. The van der Waals surface area contributed by atoms with Crippen molar-refractivity contribution in [3.63, 3.8) is 0 Å². The van der Waals surface area contributed by atoms with Gasteiger partial charge in [-0.05, 0) is 72.4 Å². The summed E-state index contributed by atoms with van der Waals surface area (Å²) in [5.74, 6) is -0.339. The summed E-state index contributed by atoms with van der Waals surface area (Å²) in [5, 5.41) is 0.366. The van der Waals surface area contributed by atoms with Crippen LogP contribution < -0.4 is 9.64 Å². The number of benzene rings is 1. The van der Waals surface area contributed by atoms with Crippen LogP contribution in [0.25, 0.3) is 22.2 Å². The van der Waals surface area contributed by atoms with Crippen molar-refractivity contribution < 1.29 is 27.4 Å². The summed E-state index contributed by atoms with van der Waals surface area (Å²) in [7, 11) is 0. The molecular formula is C33H39F3N6O3. The summed E-state index contributed by atoms with van der Waals surface area (Å²) in [5.41, 5.74) is -1.19. The molecule has 0 N–H and O–H groups in total. The fraction of sp³-hybridized carbons (Fsp3) is 0.576. The van der Waals surface area contributed by atoms with Gasteiger partial charge in [0.05, 0.1) is 23.0 Å². The molecule has 4 fully saturated rings. The molecule has 2 aromatic heterocycles. The zero-order valence-electron chi connectivity index (χ0n) is 25.9. The van der Waals surface area contributed by atoms with E-state index in [0.29, 0.717) is 30.9 Å². The van der Waals surface area contributed by atoms with Gasteiger partial charge in [0.1, 0.15) is 29.2 Å². The average Bonchev–Trinajstić information content (AvgIpc) is 3.66. The monoisotopic (exact) mass is 624 g/mol. The van der Waals surface area contributed by atoms with Crippen molar-refractivity contribution in [2.75, 3.05) is 37.7 Å². The Hall–Kier alpha value is -3.67. The van der Waals surface area contributed by atoms with Crippen molar-refractivity contribution in [3.8, 4) is 17.3 Å². The Bertz CT molecular complexity index is 1590. The third kappa shape index (κ3) is 5.44. The first-order valence-corrected chi connectivity index (χ1v) is 15.9. The third-order valence-electron chi connectivity index (χ3n) is 9.76. The SMILES string of the molecule is CC(C)(C)OC(=O)N1[C@@H]2CC[C@H]1CN(c1nc(OCC34CCCN3CCC4)nc3c(F)c(-c4ccccc4C(F)F)ncc13)C2. The number of carbonyl (C=O) groups excluding carboxylic acids is 1. The molecule has 3 aromatic rings. The van der Waals surface area contributed by atoms with Crippen LogP contribution in [0.2, 0.25) is 0 Å². The number of pyridine rings is 1. The topological polar surface area (TPSA) is 83.9 Å². The molecule has 240 valence electrons. The number of fused-ring (bicyclic) bond motifs is 4. The van der Waals surface area contributed by atoms with Gasteiger partial charge >= 0.3 is 12.1 Å². The van der Waals surface area contributed by atoms with E-state index in [1.165, 1.54) is 24.4 Å². The number of halogens is 3. The maximum atomic E-state index is 16.4. The largest absolute Gasteiger partial charge is 0.461 e. The zero-order chi connectivity index (χ0) is 31.5. The number of hydrogen-bond acceptors (Lipinski definition) is 8. The standard InChI is InChI=1S/C33H39F3N6O3/c1-32(2,3)45-31(43)42-20-10-11-21(42)18-40(17-20)29-24-16-37-26(22-8-4-5-9-23(22)28(35)36)25(34)27(24)38-30(39-29)44-19-33-12-6-14-41(33)15-7-13-33/h4-5,8-9,16,20-21,28H,6-7,10-15,17-19H2,1-3H3/t20-,21+. The van der Waals surface area contributed by atoms with Gasteiger partial charge in [-0.2, -0.15) is 9.97 Å². The molecule has 12 heteroatoms. The molecule has 0 radical (unpaired) electrons. The van der Waals surface area contributed by atoms with Crippen LogP contribution in [0.4, 0.5) is 23.8 Å². The Labute approximate surface area is 260 Å². The molecule has 4 saturated heterocycles. The number of aromatic nitrogens is 3. The Morgan fingerprint density at radius 3 is 2.42 bits per heavy atom. The molecule has 1 amide bonds. The van der Waals surface area contributed by atoms with Crippen LogP contribution >= 0.6 is 0 Å². The molecule has 9 nitrogen and oxygen atoms in total. The average molecular weight is 625 g/mol. The minimum atomic E-state index is -2.80. The van der Waals surface area contributed by atoms with Gasteiger partial charge in [0.25, 0.3) is 6.43 Å². The van der Waals surface area contributed by atoms with Crippen LogP contribution in [0.1, 0.15) is 71.3 Å². The summed E-state index contributed by atoms with van der Waals surface area (Å²) in [4.78, 5) is 33.1. The summed E-state index contributed by atoms with van der Waals surface area (Å²) in [6.07, 6.45) is 4.21. The third-order valence-corrected chi connectivity index (χ3v) is 9.76. The van der Waals surface area contributed by atoms with Crippen LogP contribution in [0.15, 0.2) is 30.5 Å². The highest BCUT2D eigenvalue weighted by Gasteiger charge is 2.46. The van der Waals surface area contributed by atoms with Gasteiger partial charge in [0.2, 0.25) is 0 Å². The van der Waals surface area contributed by atoms with Gasteiger partial charge in [-0.15, -0.1) is 0 Å². The highest BCUT2D eigenvalue weighted by molar-refractivity contribution is 5.92. The Morgan fingerprint density at radius 1 is 1.07 bits per heavy atom. The van der Waals surface area contributed by atoms with E-state index in [4.69, 9.17) is 14.5 Å². The van der Waals surface area contributed by atoms with Gasteiger partial charge in [0, 0.05) is 30.4 Å². The second-order valence-corrected chi connectivity index (χ2v) is 13.8. The molecule has 6 heterocycles. The number of amides is 1. The highest BCUT2D eigenvalue weighted by Crippen LogP contribution is 2.41. The summed E-state index contributed by atoms with van der Waals surface area (Å²) >= 11 is 0. The summed E-state index contributed by atoms with van der Waals surface area (Å²) < 4.78 is 56.2. The number of anilines is 1. The van der Waals surface area contributed by atoms with Crippen molar-refractivity contribution in [1.29, 1.82) is 0 Å². The van der Waals surface area contributed by atoms with E-state index in [1.807, 2.05) is 30.6 Å². The fourth-order valence-corrected chi connectivity index (χ4v) is 7.77. The Kier molecular flexibility index (Phi) is 7.53. The normalized spacial score (nSPS) is 22.8. The van der Waals surface area contributed by atoms with E-state index in [2.05, 4.69) is 14.9 Å². The molecule has 4 aliphatic rings. The highest BCUT2D eigenvalue weighted by atomic mass is 19.3. The van der Waals surface area contributed by atoms with Crippen molar-refractivity contribution in [2.45, 2.75) is 88.9 Å². The van der Waals surface area contributed by atoms with Crippen LogP contribution in [0.5, 0.6) is 6.01 Å². The number of alkyl halides is 2. The molecule has 0 aliphatic carbocycles. The second-order valence-electron chi connectivity index (χ2n) is 13.8. The van der Waals surface area contributed by atoms with E-state index in [-0.39, 0.29) is 52.1 Å². The molecular weight excluding hydrogens is 585 g/mol. The van der Waals surface area contributed by atoms with E-state index >= 15 is 4.39 Å². The van der Waals surface area contributed by atoms with Gasteiger partial charge in [-0.1, -0.05) is 24.3 Å². The first-order valence-electron chi connectivity index (χ1n) is 15.9. The summed E-state index contributed by atoms with van der Waals surface area (Å²) in [6.45, 7) is 8.95. The number of ether oxygens (including phenoxy) is 2. The quantitative estimate of drug-likeness (QED) is 0.313. The van der Waals surface area contributed by atoms with Crippen LogP contribution in [-0.2, 0) is 4.74 Å². The molecule has 4 aliphatic heterocycles. The number of piperazine rings is 1. The Balaban J connectivity index is 1.27. The fourth-order valence-electron chi connectivity index (χ4n) is 7.77. The number of rotatable bonds is 6. The summed E-state index contributed by atoms with van der Waals surface area (Å²) in [6, 6.07) is 5.64. The van der Waals surface area contributed by atoms with Gasteiger partial charge in [0.15, 0.2) is 5.82 Å². The van der Waals surface area contributed by atoms with Gasteiger partial charge < -0.3 is 14.4 Å². The first-order chi connectivity index (χ1) is 21.5. The predicted octanol–water partition coefficient (Wildman–Crippen LogP) is 6.36. The van der Waals surface area contributed by atoms with Crippen LogP contribution in [0, 0.1) is 5.82 Å². The maximum Gasteiger partial charge on any atom is 0.410 e. The molecule has 2 atom stereocenters. The van der Waals surface area contributed by atoms with Crippen molar-refractivity contribution in [1.82, 2.24) is 24.8 Å². The minimum absolute atomic E-state index is 0.0185.